The Balaban J connectivity index is 2.28. The molecule has 0 spiro atoms. The zero-order chi connectivity index (χ0) is 15.4. The maximum Gasteiger partial charge on any atom is 0.119 e. The normalized spacial score (nSPS) is 12.2. The summed E-state index contributed by atoms with van der Waals surface area (Å²) < 4.78 is 6.36. The molecular formula is C17H21BrN2O. The van der Waals surface area contributed by atoms with Crippen LogP contribution in [-0.2, 0) is 6.42 Å². The smallest absolute Gasteiger partial charge is 0.119 e. The van der Waals surface area contributed by atoms with Gasteiger partial charge in [0.25, 0.3) is 0 Å². The molecule has 0 bridgehead atoms. The number of hydrogen-bond donors (Lipinski definition) is 2. The van der Waals surface area contributed by atoms with Gasteiger partial charge in [-0.2, -0.15) is 0 Å². The molecule has 1 unspecified atom stereocenters. The first-order valence-electron chi connectivity index (χ1n) is 6.91. The largest absolute Gasteiger partial charge is 0.497 e. The van der Waals surface area contributed by atoms with Gasteiger partial charge in [-0.3, -0.25) is 11.3 Å². The van der Waals surface area contributed by atoms with E-state index < -0.39 is 0 Å². The fourth-order valence-electron chi connectivity index (χ4n) is 2.31. The number of nitrogens with one attached hydrogen (secondary N) is 1. The number of ether oxygens (including phenoxy) is 1. The monoisotopic (exact) mass is 348 g/mol. The number of rotatable bonds is 5. The third kappa shape index (κ3) is 3.84. The first-order valence-corrected chi connectivity index (χ1v) is 7.70. The Kier molecular flexibility index (Phi) is 5.39. The Labute approximate surface area is 134 Å². The van der Waals surface area contributed by atoms with Gasteiger partial charge < -0.3 is 4.74 Å². The average molecular weight is 349 g/mol. The van der Waals surface area contributed by atoms with E-state index in [-0.39, 0.29) is 6.04 Å². The van der Waals surface area contributed by atoms with Gasteiger partial charge in [-0.1, -0.05) is 34.1 Å². The van der Waals surface area contributed by atoms with Crippen molar-refractivity contribution < 1.29 is 4.74 Å². The van der Waals surface area contributed by atoms with Gasteiger partial charge >= 0.3 is 0 Å². The van der Waals surface area contributed by atoms with Crippen LogP contribution in [0.1, 0.15) is 28.3 Å². The van der Waals surface area contributed by atoms with Crippen LogP contribution in [0.3, 0.4) is 0 Å². The van der Waals surface area contributed by atoms with Crippen LogP contribution in [0.25, 0.3) is 0 Å². The lowest BCUT2D eigenvalue weighted by atomic mass is 9.96. The van der Waals surface area contributed by atoms with E-state index in [4.69, 9.17) is 10.6 Å². The van der Waals surface area contributed by atoms with E-state index in [9.17, 15) is 0 Å². The molecule has 0 heterocycles. The molecule has 21 heavy (non-hydrogen) atoms. The van der Waals surface area contributed by atoms with E-state index in [1.807, 2.05) is 18.2 Å². The summed E-state index contributed by atoms with van der Waals surface area (Å²) in [6, 6.07) is 12.5. The van der Waals surface area contributed by atoms with Crippen LogP contribution in [0.4, 0.5) is 0 Å². The molecule has 0 aliphatic carbocycles. The lowest BCUT2D eigenvalue weighted by Crippen LogP contribution is -2.29. The Bertz CT molecular complexity index is 628. The zero-order valence-corrected chi connectivity index (χ0v) is 14.2. The molecule has 0 aliphatic heterocycles. The van der Waals surface area contributed by atoms with Crippen molar-refractivity contribution in [3.8, 4) is 5.75 Å². The van der Waals surface area contributed by atoms with Crippen LogP contribution < -0.4 is 16.0 Å². The molecule has 0 fully saturated rings. The summed E-state index contributed by atoms with van der Waals surface area (Å²) >= 11 is 3.59. The summed E-state index contributed by atoms with van der Waals surface area (Å²) in [4.78, 5) is 0. The molecule has 0 saturated heterocycles. The molecule has 2 rings (SSSR count). The number of halogens is 1. The predicted molar refractivity (Wildman–Crippen MR) is 90.4 cm³/mol. The van der Waals surface area contributed by atoms with Crippen molar-refractivity contribution in [2.24, 2.45) is 5.84 Å². The van der Waals surface area contributed by atoms with Crippen molar-refractivity contribution >= 4 is 15.9 Å². The second kappa shape index (κ2) is 7.07. The molecular weight excluding hydrogens is 328 g/mol. The first-order chi connectivity index (χ1) is 10.0. The third-order valence-corrected chi connectivity index (χ3v) is 4.59. The summed E-state index contributed by atoms with van der Waals surface area (Å²) in [5.41, 5.74) is 7.83. The van der Waals surface area contributed by atoms with Gasteiger partial charge in [0.1, 0.15) is 5.75 Å². The second-order valence-electron chi connectivity index (χ2n) is 5.22. The van der Waals surface area contributed by atoms with Crippen molar-refractivity contribution in [3.63, 3.8) is 0 Å². The number of hydrogen-bond acceptors (Lipinski definition) is 3. The van der Waals surface area contributed by atoms with Crippen LogP contribution in [0.2, 0.25) is 0 Å². The van der Waals surface area contributed by atoms with E-state index in [0.29, 0.717) is 0 Å². The minimum Gasteiger partial charge on any atom is -0.497 e. The van der Waals surface area contributed by atoms with Crippen molar-refractivity contribution in [2.75, 3.05) is 7.11 Å². The van der Waals surface area contributed by atoms with E-state index in [2.05, 4.69) is 53.4 Å². The maximum absolute atomic E-state index is 5.76. The minimum absolute atomic E-state index is 0.0627. The molecule has 0 aliphatic rings. The van der Waals surface area contributed by atoms with Crippen molar-refractivity contribution in [1.29, 1.82) is 0 Å². The maximum atomic E-state index is 5.76. The molecule has 4 heteroatoms. The molecule has 0 amide bonds. The number of nitrogens with two attached hydrogens (primary N) is 1. The number of benzene rings is 2. The fraction of sp³-hybridized carbons (Fsp3) is 0.294. The Hall–Kier alpha value is -1.36. The van der Waals surface area contributed by atoms with Crippen molar-refractivity contribution in [2.45, 2.75) is 26.3 Å². The molecule has 0 saturated carbocycles. The summed E-state index contributed by atoms with van der Waals surface area (Å²) in [5, 5.41) is 0. The molecule has 3 nitrogen and oxygen atoms in total. The van der Waals surface area contributed by atoms with Crippen LogP contribution in [0, 0.1) is 13.8 Å². The Morgan fingerprint density at radius 2 is 1.90 bits per heavy atom. The summed E-state index contributed by atoms with van der Waals surface area (Å²) in [5.74, 6) is 6.62. The molecule has 1 atom stereocenters. The molecule has 112 valence electrons. The Morgan fingerprint density at radius 3 is 2.52 bits per heavy atom. The summed E-state index contributed by atoms with van der Waals surface area (Å²) in [6.07, 6.45) is 0.788. The van der Waals surface area contributed by atoms with Crippen LogP contribution in [0.15, 0.2) is 40.9 Å². The van der Waals surface area contributed by atoms with E-state index in [1.54, 1.807) is 7.11 Å². The van der Waals surface area contributed by atoms with Gasteiger partial charge in [0, 0.05) is 4.47 Å². The third-order valence-electron chi connectivity index (χ3n) is 3.81. The van der Waals surface area contributed by atoms with Gasteiger partial charge in [-0.25, -0.2) is 0 Å². The molecule has 0 aromatic heterocycles. The first kappa shape index (κ1) is 16.0. The van der Waals surface area contributed by atoms with Gasteiger partial charge in [0.15, 0.2) is 0 Å². The SMILES string of the molecule is COc1ccc(Br)c(CC(NN)c2ccc(C)c(C)c2)c1. The molecule has 0 radical (unpaired) electrons. The summed E-state index contributed by atoms with van der Waals surface area (Å²) in [6.45, 7) is 4.23. The van der Waals surface area contributed by atoms with Gasteiger partial charge in [0.05, 0.1) is 13.2 Å². The van der Waals surface area contributed by atoms with E-state index in [1.165, 1.54) is 16.7 Å². The molecule has 3 N–H and O–H groups in total. The lowest BCUT2D eigenvalue weighted by molar-refractivity contribution is 0.413. The fourth-order valence-corrected chi connectivity index (χ4v) is 2.72. The minimum atomic E-state index is 0.0627. The highest BCUT2D eigenvalue weighted by Gasteiger charge is 2.14. The average Bonchev–Trinajstić information content (AvgIpc) is 2.49. The number of methoxy groups -OCH3 is 1. The van der Waals surface area contributed by atoms with Crippen LogP contribution >= 0.6 is 15.9 Å². The number of hydrazine groups is 1. The quantitative estimate of drug-likeness (QED) is 0.637. The Morgan fingerprint density at radius 1 is 1.14 bits per heavy atom. The van der Waals surface area contributed by atoms with Gasteiger partial charge in [-0.15, -0.1) is 0 Å². The van der Waals surface area contributed by atoms with Gasteiger partial charge in [-0.05, 0) is 60.7 Å². The van der Waals surface area contributed by atoms with E-state index >= 15 is 0 Å². The van der Waals surface area contributed by atoms with Crippen LogP contribution in [-0.4, -0.2) is 7.11 Å². The number of aryl methyl sites for hydroxylation is 2. The van der Waals surface area contributed by atoms with Crippen molar-refractivity contribution in [1.82, 2.24) is 5.43 Å². The predicted octanol–water partition coefficient (Wildman–Crippen LogP) is 3.82. The zero-order valence-electron chi connectivity index (χ0n) is 12.6. The van der Waals surface area contributed by atoms with Crippen molar-refractivity contribution in [3.05, 3.63) is 63.1 Å². The second-order valence-corrected chi connectivity index (χ2v) is 6.08. The molecule has 2 aromatic rings. The van der Waals surface area contributed by atoms with Crippen LogP contribution in [0.5, 0.6) is 5.75 Å². The summed E-state index contributed by atoms with van der Waals surface area (Å²) in [7, 11) is 1.68. The standard InChI is InChI=1S/C17H21BrN2O/c1-11-4-5-13(8-12(11)2)17(20-19)10-14-9-15(21-3)6-7-16(14)18/h4-9,17,20H,10,19H2,1-3H3. The highest BCUT2D eigenvalue weighted by Crippen LogP contribution is 2.27. The molecule has 2 aromatic carbocycles. The highest BCUT2D eigenvalue weighted by atomic mass is 79.9. The highest BCUT2D eigenvalue weighted by molar-refractivity contribution is 9.10. The lowest BCUT2D eigenvalue weighted by Gasteiger charge is -2.19. The van der Waals surface area contributed by atoms with Gasteiger partial charge in [0.2, 0.25) is 0 Å². The topological polar surface area (TPSA) is 47.3 Å². The van der Waals surface area contributed by atoms with E-state index in [0.717, 1.165) is 22.2 Å².